The Morgan fingerprint density at radius 1 is 1.42 bits per heavy atom. The third-order valence-corrected chi connectivity index (χ3v) is 1.13. The summed E-state index contributed by atoms with van der Waals surface area (Å²) in [6, 6.07) is 9.07. The number of hydrogen-bond acceptors (Lipinski definition) is 3. The zero-order valence-electron chi connectivity index (χ0n) is 6.18. The normalized spacial score (nSPS) is 10.0. The smallest absolute Gasteiger partial charge is 0.448 e. The van der Waals surface area contributed by atoms with Crippen molar-refractivity contribution < 1.29 is 14.7 Å². The molecule has 0 bridgehead atoms. The molecule has 0 saturated heterocycles. The van der Waals surface area contributed by atoms with Crippen LogP contribution in [0.15, 0.2) is 35.5 Å². The topological polar surface area (TPSA) is 58.9 Å². The van der Waals surface area contributed by atoms with E-state index in [1.54, 1.807) is 12.1 Å². The summed E-state index contributed by atoms with van der Waals surface area (Å²) in [4.78, 5) is 13.8. The average Bonchev–Trinajstić information content (AvgIpc) is 2.05. The minimum atomic E-state index is -1.41. The number of carbonyl (C=O) groups is 1. The third kappa shape index (κ3) is 2.83. The summed E-state index contributed by atoms with van der Waals surface area (Å²) in [5.41, 5.74) is 0.791. The van der Waals surface area contributed by atoms with E-state index in [9.17, 15) is 4.79 Å². The molecule has 0 aromatic heterocycles. The van der Waals surface area contributed by atoms with E-state index in [-0.39, 0.29) is 0 Å². The Morgan fingerprint density at radius 3 is 2.67 bits per heavy atom. The van der Waals surface area contributed by atoms with Crippen molar-refractivity contribution in [3.63, 3.8) is 0 Å². The van der Waals surface area contributed by atoms with Crippen LogP contribution < -0.4 is 0 Å². The van der Waals surface area contributed by atoms with Crippen molar-refractivity contribution >= 4 is 12.4 Å². The van der Waals surface area contributed by atoms with Gasteiger partial charge in [-0.2, -0.15) is 0 Å². The lowest BCUT2D eigenvalue weighted by atomic mass is 10.2. The predicted molar refractivity (Wildman–Crippen MR) is 43.1 cm³/mol. The van der Waals surface area contributed by atoms with Crippen molar-refractivity contribution in [2.75, 3.05) is 0 Å². The van der Waals surface area contributed by atoms with Gasteiger partial charge in [0, 0.05) is 0 Å². The van der Waals surface area contributed by atoms with Crippen LogP contribution >= 0.6 is 0 Å². The Morgan fingerprint density at radius 2 is 2.08 bits per heavy atom. The van der Waals surface area contributed by atoms with E-state index in [2.05, 4.69) is 9.99 Å². The molecule has 0 atom stereocenters. The van der Waals surface area contributed by atoms with E-state index in [1.807, 2.05) is 18.2 Å². The first-order chi connectivity index (χ1) is 5.79. The summed E-state index contributed by atoms with van der Waals surface area (Å²) < 4.78 is 0. The van der Waals surface area contributed by atoms with Crippen LogP contribution in [-0.2, 0) is 4.84 Å². The van der Waals surface area contributed by atoms with Crippen LogP contribution in [0.3, 0.4) is 0 Å². The zero-order valence-corrected chi connectivity index (χ0v) is 6.18. The molecule has 0 aliphatic rings. The number of oxime groups is 1. The van der Waals surface area contributed by atoms with Crippen LogP contribution in [0.1, 0.15) is 5.56 Å². The lowest BCUT2D eigenvalue weighted by molar-refractivity contribution is 0.0954. The lowest BCUT2D eigenvalue weighted by Gasteiger charge is -1.89. The number of hydrogen-bond donors (Lipinski definition) is 1. The number of rotatable bonds is 2. The Kier molecular flexibility index (Phi) is 2.84. The predicted octanol–water partition coefficient (Wildman–Crippen LogP) is 1.72. The van der Waals surface area contributed by atoms with Crippen molar-refractivity contribution in [1.29, 1.82) is 0 Å². The molecule has 0 heterocycles. The quantitative estimate of drug-likeness (QED) is 0.412. The molecule has 4 nitrogen and oxygen atoms in total. The second kappa shape index (κ2) is 4.12. The molecule has 4 heteroatoms. The summed E-state index contributed by atoms with van der Waals surface area (Å²) in [5, 5.41) is 11.3. The minimum absolute atomic E-state index is 0.791. The highest BCUT2D eigenvalue weighted by molar-refractivity contribution is 5.79. The molecular weight excluding hydrogens is 158 g/mol. The fourth-order valence-corrected chi connectivity index (χ4v) is 0.671. The monoisotopic (exact) mass is 165 g/mol. The second-order valence-electron chi connectivity index (χ2n) is 2.00. The SMILES string of the molecule is O=C(O)ON=Cc1ccccc1. The van der Waals surface area contributed by atoms with Gasteiger partial charge in [0.15, 0.2) is 0 Å². The van der Waals surface area contributed by atoms with Crippen LogP contribution in [0, 0.1) is 0 Å². The molecule has 1 aromatic rings. The molecule has 0 spiro atoms. The van der Waals surface area contributed by atoms with Gasteiger partial charge < -0.3 is 5.11 Å². The minimum Gasteiger partial charge on any atom is -0.448 e. The van der Waals surface area contributed by atoms with E-state index >= 15 is 0 Å². The van der Waals surface area contributed by atoms with E-state index in [1.165, 1.54) is 6.21 Å². The largest absolute Gasteiger partial charge is 0.532 e. The first-order valence-corrected chi connectivity index (χ1v) is 3.27. The molecule has 0 saturated carbocycles. The molecule has 1 rings (SSSR count). The number of benzene rings is 1. The maximum Gasteiger partial charge on any atom is 0.532 e. The molecule has 0 fully saturated rings. The highest BCUT2D eigenvalue weighted by Gasteiger charge is 1.90. The molecule has 62 valence electrons. The Bertz CT molecular complexity index is 282. The van der Waals surface area contributed by atoms with Gasteiger partial charge in [0.05, 0.1) is 6.21 Å². The maximum atomic E-state index is 9.85. The van der Waals surface area contributed by atoms with Crippen molar-refractivity contribution in [2.45, 2.75) is 0 Å². The zero-order chi connectivity index (χ0) is 8.81. The Labute approximate surface area is 69.1 Å². The lowest BCUT2D eigenvalue weighted by Crippen LogP contribution is -1.93. The Hall–Kier alpha value is -1.84. The van der Waals surface area contributed by atoms with Crippen molar-refractivity contribution in [1.82, 2.24) is 0 Å². The highest BCUT2D eigenvalue weighted by Crippen LogP contribution is 1.93. The summed E-state index contributed by atoms with van der Waals surface area (Å²) in [6.45, 7) is 0. The molecule has 0 aliphatic heterocycles. The van der Waals surface area contributed by atoms with Gasteiger partial charge in [-0.15, -0.1) is 0 Å². The molecule has 0 radical (unpaired) electrons. The molecule has 12 heavy (non-hydrogen) atoms. The van der Waals surface area contributed by atoms with Gasteiger partial charge in [-0.25, -0.2) is 4.79 Å². The van der Waals surface area contributed by atoms with Gasteiger partial charge >= 0.3 is 6.16 Å². The van der Waals surface area contributed by atoms with Gasteiger partial charge in [-0.3, -0.25) is 4.84 Å². The molecular formula is C8H7NO3. The van der Waals surface area contributed by atoms with Crippen molar-refractivity contribution in [3.8, 4) is 0 Å². The molecule has 1 aromatic carbocycles. The highest BCUT2D eigenvalue weighted by atomic mass is 16.7. The molecule has 1 N–H and O–H groups in total. The van der Waals surface area contributed by atoms with Crippen LogP contribution in [0.2, 0.25) is 0 Å². The summed E-state index contributed by atoms with van der Waals surface area (Å²) in [6.07, 6.45) is -0.0871. The second-order valence-corrected chi connectivity index (χ2v) is 2.00. The molecule has 0 aliphatic carbocycles. The standard InChI is InChI=1S/C8H7NO3/c10-8(11)12-9-6-7-4-2-1-3-5-7/h1-6H,(H,10,11). The first kappa shape index (κ1) is 8.26. The third-order valence-electron chi connectivity index (χ3n) is 1.13. The Balaban J connectivity index is 2.52. The van der Waals surface area contributed by atoms with E-state index in [4.69, 9.17) is 5.11 Å². The van der Waals surface area contributed by atoms with Gasteiger partial charge in [0.25, 0.3) is 0 Å². The van der Waals surface area contributed by atoms with Gasteiger partial charge in [-0.1, -0.05) is 35.5 Å². The summed E-state index contributed by atoms with van der Waals surface area (Å²) in [7, 11) is 0. The van der Waals surface area contributed by atoms with E-state index in [0.717, 1.165) is 5.56 Å². The van der Waals surface area contributed by atoms with Gasteiger partial charge in [-0.05, 0) is 5.56 Å². The van der Waals surface area contributed by atoms with Gasteiger partial charge in [0.2, 0.25) is 0 Å². The fourth-order valence-electron chi connectivity index (χ4n) is 0.671. The van der Waals surface area contributed by atoms with Crippen LogP contribution in [0.5, 0.6) is 0 Å². The molecule has 0 amide bonds. The van der Waals surface area contributed by atoms with E-state index in [0.29, 0.717) is 0 Å². The van der Waals surface area contributed by atoms with Crippen LogP contribution in [0.4, 0.5) is 4.79 Å². The molecule has 0 unspecified atom stereocenters. The number of carboxylic acid groups (broad SMARTS) is 1. The maximum absolute atomic E-state index is 9.85. The van der Waals surface area contributed by atoms with Crippen molar-refractivity contribution in [3.05, 3.63) is 35.9 Å². The summed E-state index contributed by atoms with van der Waals surface area (Å²) in [5.74, 6) is 0. The van der Waals surface area contributed by atoms with Crippen molar-refractivity contribution in [2.24, 2.45) is 5.16 Å². The average molecular weight is 165 g/mol. The fraction of sp³-hybridized carbons (Fsp3) is 0. The van der Waals surface area contributed by atoms with Crippen LogP contribution in [-0.4, -0.2) is 17.5 Å². The van der Waals surface area contributed by atoms with E-state index < -0.39 is 6.16 Å². The summed E-state index contributed by atoms with van der Waals surface area (Å²) >= 11 is 0. The first-order valence-electron chi connectivity index (χ1n) is 3.27. The number of nitrogens with zero attached hydrogens (tertiary/aromatic N) is 1. The van der Waals surface area contributed by atoms with Gasteiger partial charge in [0.1, 0.15) is 0 Å². The van der Waals surface area contributed by atoms with Crippen LogP contribution in [0.25, 0.3) is 0 Å².